The van der Waals surface area contributed by atoms with Gasteiger partial charge in [-0.2, -0.15) is 0 Å². The van der Waals surface area contributed by atoms with E-state index in [2.05, 4.69) is 4.74 Å². The average Bonchev–Trinajstić information content (AvgIpc) is 2.36. The van der Waals surface area contributed by atoms with Crippen LogP contribution in [0.1, 0.15) is 10.4 Å². The number of nitrogens with two attached hydrogens (primary N) is 1. The predicted octanol–water partition coefficient (Wildman–Crippen LogP) is -1.25. The molecule has 1 rings (SSSR count). The third-order valence-corrected chi connectivity index (χ3v) is 4.59. The first-order valence-electron chi connectivity index (χ1n) is 5.48. The Balaban J connectivity index is 3.01. The lowest BCUT2D eigenvalue weighted by atomic mass is 10.2. The maximum Gasteiger partial charge on any atom is 0.341 e. The van der Waals surface area contributed by atoms with Gasteiger partial charge in [-0.3, -0.25) is 0 Å². The monoisotopic (exact) mass is 338 g/mol. The highest BCUT2D eigenvalue weighted by molar-refractivity contribution is 7.90. The molecule has 0 saturated carbocycles. The Morgan fingerprint density at radius 2 is 1.95 bits per heavy atom. The lowest BCUT2D eigenvalue weighted by molar-refractivity contribution is 0.0597. The molecule has 0 aromatic heterocycles. The largest absolute Gasteiger partial charge is 0.507 e. The van der Waals surface area contributed by atoms with Crippen molar-refractivity contribution in [2.75, 3.05) is 19.4 Å². The summed E-state index contributed by atoms with van der Waals surface area (Å²) in [6.07, 6.45) is 0. The Morgan fingerprint density at radius 3 is 2.48 bits per heavy atom. The van der Waals surface area contributed by atoms with Crippen LogP contribution in [0.2, 0.25) is 0 Å². The topological polar surface area (TPSA) is 153 Å². The van der Waals surface area contributed by atoms with E-state index in [0.717, 1.165) is 25.3 Å². The summed E-state index contributed by atoms with van der Waals surface area (Å²) in [5, 5.41) is 14.2. The summed E-state index contributed by atoms with van der Waals surface area (Å²) in [5.41, 5.74) is -0.327. The van der Waals surface area contributed by atoms with Crippen LogP contribution >= 0.6 is 0 Å². The second-order valence-corrected chi connectivity index (χ2v) is 7.44. The molecule has 11 heteroatoms. The van der Waals surface area contributed by atoms with E-state index in [0.29, 0.717) is 0 Å². The summed E-state index contributed by atoms with van der Waals surface area (Å²) in [7, 11) is -6.78. The summed E-state index contributed by atoms with van der Waals surface area (Å²) in [4.78, 5) is 11.0. The van der Waals surface area contributed by atoms with Gasteiger partial charge >= 0.3 is 5.97 Å². The van der Waals surface area contributed by atoms with E-state index < -0.39 is 44.1 Å². The van der Waals surface area contributed by atoms with Gasteiger partial charge < -0.3 is 9.84 Å². The molecule has 4 N–H and O–H groups in total. The molecule has 1 aromatic rings. The summed E-state index contributed by atoms with van der Waals surface area (Å²) in [6.45, 7) is -0.421. The van der Waals surface area contributed by atoms with Gasteiger partial charge in [0.1, 0.15) is 11.3 Å². The minimum atomic E-state index is -4.05. The van der Waals surface area contributed by atoms with Crippen LogP contribution in [-0.4, -0.2) is 47.3 Å². The van der Waals surface area contributed by atoms with Gasteiger partial charge in [0.05, 0.1) is 17.8 Å². The Hall–Kier alpha value is -1.69. The molecular weight excluding hydrogens is 324 g/mol. The van der Waals surface area contributed by atoms with Crippen LogP contribution in [0.5, 0.6) is 5.75 Å². The molecule has 0 aliphatic heterocycles. The number of methoxy groups -OCH3 is 1. The van der Waals surface area contributed by atoms with Gasteiger partial charge in [-0.25, -0.2) is 31.5 Å². The smallest absolute Gasteiger partial charge is 0.341 e. The highest BCUT2D eigenvalue weighted by Crippen LogP contribution is 2.21. The van der Waals surface area contributed by atoms with Crippen molar-refractivity contribution in [3.8, 4) is 5.75 Å². The first-order chi connectivity index (χ1) is 9.57. The number of phenols is 1. The van der Waals surface area contributed by atoms with Gasteiger partial charge in [0, 0.05) is 6.54 Å². The van der Waals surface area contributed by atoms with Crippen LogP contribution in [0.25, 0.3) is 0 Å². The van der Waals surface area contributed by atoms with Crippen LogP contribution in [-0.2, 0) is 24.8 Å². The lowest BCUT2D eigenvalue weighted by Gasteiger charge is -2.08. The number of primary sulfonamides is 1. The number of rotatable bonds is 6. The number of hydrogen-bond acceptors (Lipinski definition) is 7. The van der Waals surface area contributed by atoms with Crippen molar-refractivity contribution in [1.82, 2.24) is 4.72 Å². The molecular formula is C10H14N2O7S2. The number of esters is 1. The number of aromatic hydroxyl groups is 1. The molecule has 0 aliphatic carbocycles. The number of ether oxygens (including phenoxy) is 1. The molecule has 0 bridgehead atoms. The molecule has 0 saturated heterocycles. The van der Waals surface area contributed by atoms with Gasteiger partial charge in [0.25, 0.3) is 0 Å². The van der Waals surface area contributed by atoms with Crippen molar-refractivity contribution >= 4 is 26.0 Å². The Bertz CT molecular complexity index is 741. The van der Waals surface area contributed by atoms with E-state index in [1.165, 1.54) is 0 Å². The van der Waals surface area contributed by atoms with E-state index in [1.54, 1.807) is 0 Å². The van der Waals surface area contributed by atoms with Gasteiger partial charge in [-0.05, 0) is 18.2 Å². The Kier molecular flexibility index (Phi) is 5.28. The van der Waals surface area contributed by atoms with Crippen molar-refractivity contribution in [3.63, 3.8) is 0 Å². The number of benzene rings is 1. The fourth-order valence-corrected chi connectivity index (χ4v) is 2.93. The van der Waals surface area contributed by atoms with Crippen molar-refractivity contribution in [2.24, 2.45) is 5.14 Å². The van der Waals surface area contributed by atoms with Crippen molar-refractivity contribution in [3.05, 3.63) is 23.8 Å². The fourth-order valence-electron chi connectivity index (χ4n) is 1.36. The van der Waals surface area contributed by atoms with Crippen molar-refractivity contribution in [1.29, 1.82) is 0 Å². The summed E-state index contributed by atoms with van der Waals surface area (Å²) >= 11 is 0. The number of nitrogens with one attached hydrogen (secondary N) is 1. The van der Waals surface area contributed by atoms with Gasteiger partial charge in [0.15, 0.2) is 0 Å². The zero-order chi connectivity index (χ0) is 16.3. The molecule has 21 heavy (non-hydrogen) atoms. The minimum Gasteiger partial charge on any atom is -0.507 e. The molecule has 1 aromatic carbocycles. The quantitative estimate of drug-likeness (QED) is 0.547. The number of hydrogen-bond donors (Lipinski definition) is 3. The molecule has 0 heterocycles. The number of sulfonamides is 2. The SMILES string of the molecule is COC(=O)c1cc(S(=O)(=O)NCCS(N)(=O)=O)ccc1O. The first kappa shape index (κ1) is 17.4. The van der Waals surface area contributed by atoms with E-state index in [9.17, 15) is 26.7 Å². The highest BCUT2D eigenvalue weighted by atomic mass is 32.2. The van der Waals surface area contributed by atoms with Crippen LogP contribution in [0.3, 0.4) is 0 Å². The third kappa shape index (κ3) is 4.97. The molecule has 9 nitrogen and oxygen atoms in total. The van der Waals surface area contributed by atoms with E-state index in [4.69, 9.17) is 5.14 Å². The van der Waals surface area contributed by atoms with E-state index in [1.807, 2.05) is 4.72 Å². The third-order valence-electron chi connectivity index (χ3n) is 2.36. The molecule has 0 unspecified atom stereocenters. The fraction of sp³-hybridized carbons (Fsp3) is 0.300. The average molecular weight is 338 g/mol. The van der Waals surface area contributed by atoms with Gasteiger partial charge in [0.2, 0.25) is 20.0 Å². The predicted molar refractivity (Wildman–Crippen MR) is 72.6 cm³/mol. The van der Waals surface area contributed by atoms with Gasteiger partial charge in [-0.1, -0.05) is 0 Å². The summed E-state index contributed by atoms with van der Waals surface area (Å²) in [6, 6.07) is 2.99. The zero-order valence-electron chi connectivity index (χ0n) is 10.9. The van der Waals surface area contributed by atoms with Gasteiger partial charge in [-0.15, -0.1) is 0 Å². The number of phenolic OH excluding ortho intramolecular Hbond substituents is 1. The van der Waals surface area contributed by atoms with E-state index in [-0.39, 0.29) is 10.5 Å². The normalized spacial score (nSPS) is 12.1. The second kappa shape index (κ2) is 6.39. The maximum atomic E-state index is 11.9. The van der Waals surface area contributed by atoms with Crippen LogP contribution in [0, 0.1) is 0 Å². The molecule has 0 spiro atoms. The Labute approximate surface area is 121 Å². The summed E-state index contributed by atoms with van der Waals surface area (Å²) < 4.78 is 51.7. The molecule has 0 radical (unpaired) electrons. The molecule has 0 fully saturated rings. The summed E-state index contributed by atoms with van der Waals surface area (Å²) in [5.74, 6) is -1.92. The molecule has 0 amide bonds. The van der Waals surface area contributed by atoms with E-state index >= 15 is 0 Å². The van der Waals surface area contributed by atoms with Crippen molar-refractivity contribution < 1.29 is 31.5 Å². The van der Waals surface area contributed by atoms with Crippen LogP contribution in [0.4, 0.5) is 0 Å². The Morgan fingerprint density at radius 1 is 1.33 bits per heavy atom. The number of carbonyl (C=O) groups excluding carboxylic acids is 1. The van der Waals surface area contributed by atoms with Crippen LogP contribution in [0.15, 0.2) is 23.1 Å². The second-order valence-electron chi connectivity index (χ2n) is 3.94. The lowest BCUT2D eigenvalue weighted by Crippen LogP contribution is -2.31. The maximum absolute atomic E-state index is 11.9. The molecule has 0 aliphatic rings. The minimum absolute atomic E-state index is 0.324. The van der Waals surface area contributed by atoms with Crippen molar-refractivity contribution in [2.45, 2.75) is 4.90 Å². The van der Waals surface area contributed by atoms with Crippen LogP contribution < -0.4 is 9.86 Å². The standard InChI is InChI=1S/C10H14N2O7S2/c1-19-10(14)8-6-7(2-3-9(8)13)21(17,18)12-4-5-20(11,15)16/h2-3,6,12-13H,4-5H2,1H3,(H2,11,15,16). The number of carbonyl (C=O) groups is 1. The molecule has 118 valence electrons. The first-order valence-corrected chi connectivity index (χ1v) is 8.68. The molecule has 0 atom stereocenters. The zero-order valence-corrected chi connectivity index (χ0v) is 12.6. The highest BCUT2D eigenvalue weighted by Gasteiger charge is 2.19.